The van der Waals surface area contributed by atoms with Gasteiger partial charge < -0.3 is 9.72 Å². The lowest BCUT2D eigenvalue weighted by molar-refractivity contribution is 0.368. The lowest BCUT2D eigenvalue weighted by Gasteiger charge is -2.01. The lowest BCUT2D eigenvalue weighted by Crippen LogP contribution is -2.11. The topological polar surface area (TPSA) is 78.8 Å². The molecule has 2 aromatic carbocycles. The van der Waals surface area contributed by atoms with Crippen molar-refractivity contribution < 1.29 is 4.74 Å². The quantitative estimate of drug-likeness (QED) is 0.803. The Morgan fingerprint density at radius 1 is 1.13 bits per heavy atom. The first-order chi connectivity index (χ1) is 11.3. The molecule has 5 heteroatoms. The van der Waals surface area contributed by atoms with Crippen LogP contribution in [0.3, 0.4) is 0 Å². The van der Waals surface area contributed by atoms with Crippen molar-refractivity contribution in [3.8, 4) is 11.8 Å². The largest absolute Gasteiger partial charge is 0.479 e. The van der Waals surface area contributed by atoms with Crippen LogP contribution < -0.4 is 10.3 Å². The summed E-state index contributed by atoms with van der Waals surface area (Å²) in [6.07, 6.45) is 3.48. The molecule has 0 radical (unpaired) electrons. The highest BCUT2D eigenvalue weighted by molar-refractivity contribution is 5.76. The van der Waals surface area contributed by atoms with Crippen LogP contribution in [0.5, 0.6) is 5.75 Å². The van der Waals surface area contributed by atoms with Gasteiger partial charge in [-0.3, -0.25) is 4.79 Å². The van der Waals surface area contributed by atoms with Gasteiger partial charge >= 0.3 is 0 Å². The van der Waals surface area contributed by atoms with Crippen molar-refractivity contribution in [3.05, 3.63) is 70.1 Å². The fourth-order valence-corrected chi connectivity index (χ4v) is 2.12. The minimum atomic E-state index is -0.228. The van der Waals surface area contributed by atoms with Gasteiger partial charge in [-0.05, 0) is 35.9 Å². The molecule has 3 rings (SSSR count). The molecule has 0 bridgehead atoms. The molecule has 0 saturated heterocycles. The second-order valence-corrected chi connectivity index (χ2v) is 4.82. The Hall–Kier alpha value is -3.39. The van der Waals surface area contributed by atoms with Crippen molar-refractivity contribution in [2.24, 2.45) is 0 Å². The predicted molar refractivity (Wildman–Crippen MR) is 88.8 cm³/mol. The molecular formula is C18H13N3O2. The molecule has 5 nitrogen and oxygen atoms in total. The van der Waals surface area contributed by atoms with Crippen LogP contribution in [0.15, 0.2) is 53.3 Å². The molecule has 0 aliphatic heterocycles. The van der Waals surface area contributed by atoms with E-state index in [1.807, 2.05) is 42.5 Å². The Morgan fingerprint density at radius 2 is 1.91 bits per heavy atom. The van der Waals surface area contributed by atoms with E-state index in [4.69, 9.17) is 10.00 Å². The summed E-state index contributed by atoms with van der Waals surface area (Å²) < 4.78 is 5.19. The van der Waals surface area contributed by atoms with Gasteiger partial charge in [0.25, 0.3) is 5.56 Å². The van der Waals surface area contributed by atoms with E-state index in [2.05, 4.69) is 9.97 Å². The Balaban J connectivity index is 1.84. The zero-order valence-corrected chi connectivity index (χ0v) is 12.2. The number of nitriles is 1. The number of aromatic nitrogens is 2. The van der Waals surface area contributed by atoms with Crippen molar-refractivity contribution in [2.75, 3.05) is 6.61 Å². The molecule has 0 aliphatic carbocycles. The summed E-state index contributed by atoms with van der Waals surface area (Å²) in [7, 11) is 0. The molecule has 1 heterocycles. The molecule has 0 unspecified atom stereocenters. The third-order valence-electron chi connectivity index (χ3n) is 3.24. The Labute approximate surface area is 132 Å². The SMILES string of the molecule is N#CCOc1ccc(/C=C/c2nc3ccccc3[nH]c2=O)cc1. The minimum absolute atomic E-state index is 0.0194. The van der Waals surface area contributed by atoms with Gasteiger partial charge in [-0.15, -0.1) is 0 Å². The summed E-state index contributed by atoms with van der Waals surface area (Å²) >= 11 is 0. The van der Waals surface area contributed by atoms with E-state index in [-0.39, 0.29) is 12.2 Å². The molecule has 112 valence electrons. The first-order valence-corrected chi connectivity index (χ1v) is 7.03. The number of nitrogens with zero attached hydrogens (tertiary/aromatic N) is 2. The number of benzene rings is 2. The Morgan fingerprint density at radius 3 is 2.70 bits per heavy atom. The van der Waals surface area contributed by atoms with Crippen molar-refractivity contribution in [2.45, 2.75) is 0 Å². The van der Waals surface area contributed by atoms with Gasteiger partial charge in [0, 0.05) is 0 Å². The minimum Gasteiger partial charge on any atom is -0.479 e. The molecule has 0 saturated carbocycles. The van der Waals surface area contributed by atoms with Crippen LogP contribution in [0, 0.1) is 11.3 Å². The highest BCUT2D eigenvalue weighted by Gasteiger charge is 2.01. The van der Waals surface area contributed by atoms with E-state index in [1.165, 1.54) is 0 Å². The van der Waals surface area contributed by atoms with E-state index < -0.39 is 0 Å². The Kier molecular flexibility index (Phi) is 4.16. The van der Waals surface area contributed by atoms with E-state index >= 15 is 0 Å². The van der Waals surface area contributed by atoms with Crippen LogP contribution in [-0.4, -0.2) is 16.6 Å². The molecule has 0 atom stereocenters. The highest BCUT2D eigenvalue weighted by Crippen LogP contribution is 2.14. The van der Waals surface area contributed by atoms with Gasteiger partial charge in [-0.1, -0.05) is 30.3 Å². The number of hydrogen-bond donors (Lipinski definition) is 1. The molecule has 1 N–H and O–H groups in total. The number of aromatic amines is 1. The number of fused-ring (bicyclic) bond motifs is 1. The third-order valence-corrected chi connectivity index (χ3v) is 3.24. The number of hydrogen-bond acceptors (Lipinski definition) is 4. The number of H-pyrrole nitrogens is 1. The highest BCUT2D eigenvalue weighted by atomic mass is 16.5. The second kappa shape index (κ2) is 6.58. The summed E-state index contributed by atoms with van der Waals surface area (Å²) in [6, 6.07) is 16.5. The maximum absolute atomic E-state index is 12.0. The van der Waals surface area contributed by atoms with Crippen LogP contribution in [-0.2, 0) is 0 Å². The molecule has 0 spiro atoms. The third kappa shape index (κ3) is 3.44. The molecule has 0 amide bonds. The molecule has 3 aromatic rings. The van der Waals surface area contributed by atoms with Crippen LogP contribution in [0.2, 0.25) is 0 Å². The first kappa shape index (κ1) is 14.5. The smallest absolute Gasteiger partial charge is 0.274 e. The molecule has 23 heavy (non-hydrogen) atoms. The average molecular weight is 303 g/mol. The number of rotatable bonds is 4. The number of para-hydroxylation sites is 2. The van der Waals surface area contributed by atoms with E-state index in [0.29, 0.717) is 17.0 Å². The summed E-state index contributed by atoms with van der Waals surface area (Å²) in [6.45, 7) is 0.0194. The van der Waals surface area contributed by atoms with Crippen molar-refractivity contribution in [3.63, 3.8) is 0 Å². The predicted octanol–water partition coefficient (Wildman–Crippen LogP) is 3.00. The standard InChI is InChI=1S/C18H13N3O2/c19-11-12-23-14-8-5-13(6-9-14)7-10-17-18(22)21-16-4-2-1-3-15(16)20-17/h1-10H,12H2,(H,21,22)/b10-7+. The zero-order valence-electron chi connectivity index (χ0n) is 12.2. The van der Waals surface area contributed by atoms with Crippen LogP contribution >= 0.6 is 0 Å². The number of ether oxygens (including phenoxy) is 1. The summed E-state index contributed by atoms with van der Waals surface area (Å²) in [5, 5.41) is 8.47. The van der Waals surface area contributed by atoms with Crippen molar-refractivity contribution >= 4 is 23.2 Å². The second-order valence-electron chi connectivity index (χ2n) is 4.82. The first-order valence-electron chi connectivity index (χ1n) is 7.03. The van der Waals surface area contributed by atoms with Crippen molar-refractivity contribution in [1.82, 2.24) is 9.97 Å². The van der Waals surface area contributed by atoms with Crippen LogP contribution in [0.1, 0.15) is 11.3 Å². The van der Waals surface area contributed by atoms with Gasteiger partial charge in [0.2, 0.25) is 0 Å². The summed E-state index contributed by atoms with van der Waals surface area (Å²) in [4.78, 5) is 19.2. The Bertz CT molecular complexity index is 950. The number of nitrogens with one attached hydrogen (secondary N) is 1. The normalized spacial score (nSPS) is 10.7. The van der Waals surface area contributed by atoms with Gasteiger partial charge in [-0.2, -0.15) is 5.26 Å². The zero-order chi connectivity index (χ0) is 16.1. The molecular weight excluding hydrogens is 290 g/mol. The van der Waals surface area contributed by atoms with Crippen LogP contribution in [0.4, 0.5) is 0 Å². The van der Waals surface area contributed by atoms with Crippen molar-refractivity contribution in [1.29, 1.82) is 5.26 Å². The average Bonchev–Trinajstić information content (AvgIpc) is 2.59. The van der Waals surface area contributed by atoms with E-state index in [9.17, 15) is 4.79 Å². The van der Waals surface area contributed by atoms with Gasteiger partial charge in [0.1, 0.15) is 17.5 Å². The molecule has 1 aromatic heterocycles. The summed E-state index contributed by atoms with van der Waals surface area (Å²) in [5.41, 5.74) is 2.49. The summed E-state index contributed by atoms with van der Waals surface area (Å²) in [5.74, 6) is 0.630. The maximum Gasteiger partial charge on any atom is 0.274 e. The van der Waals surface area contributed by atoms with Gasteiger partial charge in [0.05, 0.1) is 11.0 Å². The van der Waals surface area contributed by atoms with Crippen LogP contribution in [0.25, 0.3) is 23.2 Å². The van der Waals surface area contributed by atoms with E-state index in [0.717, 1.165) is 11.1 Å². The monoisotopic (exact) mass is 303 g/mol. The lowest BCUT2D eigenvalue weighted by atomic mass is 10.2. The van der Waals surface area contributed by atoms with Gasteiger partial charge in [0.15, 0.2) is 6.61 Å². The molecule has 0 aliphatic rings. The fourth-order valence-electron chi connectivity index (χ4n) is 2.12. The van der Waals surface area contributed by atoms with Gasteiger partial charge in [-0.25, -0.2) is 4.98 Å². The van der Waals surface area contributed by atoms with E-state index in [1.54, 1.807) is 24.3 Å². The fraction of sp³-hybridized carbons (Fsp3) is 0.0556. The molecule has 0 fully saturated rings. The maximum atomic E-state index is 12.0.